The maximum Gasteiger partial charge on any atom is 0.0442 e. The van der Waals surface area contributed by atoms with Crippen LogP contribution in [0.1, 0.15) is 38.2 Å². The van der Waals surface area contributed by atoms with Crippen molar-refractivity contribution < 1.29 is 0 Å². The summed E-state index contributed by atoms with van der Waals surface area (Å²) in [5.41, 5.74) is 2.72. The maximum atomic E-state index is 3.42. The highest BCUT2D eigenvalue weighted by atomic mass is 32.2. The molecule has 1 heterocycles. The Kier molecular flexibility index (Phi) is 4.75. The van der Waals surface area contributed by atoms with Gasteiger partial charge in [-0.25, -0.2) is 0 Å². The fourth-order valence-electron chi connectivity index (χ4n) is 2.20. The molecule has 0 atom stereocenters. The Hall–Kier alpha value is -0.670. The molecule has 94 valence electrons. The number of anilines is 1. The second-order valence-corrected chi connectivity index (χ2v) is 6.30. The number of rotatable bonds is 4. The predicted molar refractivity (Wildman–Crippen MR) is 77.6 cm³/mol. The fraction of sp³-hybridized carbons (Fsp3) is 0.571. The largest absolute Gasteiger partial charge is 0.330 e. The Balaban J connectivity index is 2.00. The number of nitrogens with one attached hydrogen (secondary N) is 2. The van der Waals surface area contributed by atoms with Gasteiger partial charge in [0.25, 0.3) is 0 Å². The Morgan fingerprint density at radius 3 is 2.76 bits per heavy atom. The molecule has 3 heteroatoms. The van der Waals surface area contributed by atoms with Gasteiger partial charge >= 0.3 is 0 Å². The minimum Gasteiger partial charge on any atom is -0.330 e. The van der Waals surface area contributed by atoms with Crippen molar-refractivity contribution in [2.24, 2.45) is 0 Å². The lowest BCUT2D eigenvalue weighted by Gasteiger charge is -2.23. The van der Waals surface area contributed by atoms with Gasteiger partial charge in [-0.3, -0.25) is 0 Å². The molecule has 0 unspecified atom stereocenters. The maximum absolute atomic E-state index is 3.42. The molecule has 0 aromatic heterocycles. The third-order valence-electron chi connectivity index (χ3n) is 3.11. The summed E-state index contributed by atoms with van der Waals surface area (Å²) in [5.74, 6) is 0.738. The minimum absolute atomic E-state index is 0.609. The van der Waals surface area contributed by atoms with E-state index in [1.807, 2.05) is 0 Å². The molecule has 0 bridgehead atoms. The van der Waals surface area contributed by atoms with Gasteiger partial charge < -0.3 is 10.0 Å². The zero-order valence-electron chi connectivity index (χ0n) is 10.7. The first-order chi connectivity index (χ1) is 8.25. The van der Waals surface area contributed by atoms with Gasteiger partial charge in [0.05, 0.1) is 0 Å². The monoisotopic (exact) mass is 250 g/mol. The molecule has 2 N–H and O–H groups in total. The molecular weight excluding hydrogens is 228 g/mol. The molecular formula is C14H22N2S. The summed E-state index contributed by atoms with van der Waals surface area (Å²) in [5, 5.41) is 4.03. The highest BCUT2D eigenvalue weighted by molar-refractivity contribution is 8.01. The normalized spacial score (nSPS) is 17.4. The Morgan fingerprint density at radius 2 is 2.06 bits per heavy atom. The Labute approximate surface area is 109 Å². The SMILES string of the molecule is CC(C)SNc1cccc(C2CCNCC2)c1. The van der Waals surface area contributed by atoms with Crippen LogP contribution in [0.15, 0.2) is 24.3 Å². The molecule has 17 heavy (non-hydrogen) atoms. The van der Waals surface area contributed by atoms with Crippen LogP contribution in [0.3, 0.4) is 0 Å². The summed E-state index contributed by atoms with van der Waals surface area (Å²) in [6, 6.07) is 8.90. The second kappa shape index (κ2) is 6.31. The average Bonchev–Trinajstić information content (AvgIpc) is 2.38. The topological polar surface area (TPSA) is 24.1 Å². The van der Waals surface area contributed by atoms with E-state index in [0.717, 1.165) is 19.0 Å². The summed E-state index contributed by atoms with van der Waals surface area (Å²) in [7, 11) is 0. The van der Waals surface area contributed by atoms with Crippen molar-refractivity contribution in [3.63, 3.8) is 0 Å². The molecule has 1 aliphatic heterocycles. The van der Waals surface area contributed by atoms with E-state index in [1.165, 1.54) is 24.1 Å². The van der Waals surface area contributed by atoms with Gasteiger partial charge in [0.2, 0.25) is 0 Å². The summed E-state index contributed by atoms with van der Waals surface area (Å²) in [6.45, 7) is 6.72. The van der Waals surface area contributed by atoms with Gasteiger partial charge in [-0.15, -0.1) is 0 Å². The quantitative estimate of drug-likeness (QED) is 0.798. The van der Waals surface area contributed by atoms with Gasteiger partial charge in [-0.1, -0.05) is 26.0 Å². The number of hydrogen-bond acceptors (Lipinski definition) is 3. The lowest BCUT2D eigenvalue weighted by molar-refractivity contribution is 0.460. The summed E-state index contributed by atoms with van der Waals surface area (Å²) in [4.78, 5) is 0. The van der Waals surface area contributed by atoms with Gasteiger partial charge in [-0.05, 0) is 61.5 Å². The number of benzene rings is 1. The van der Waals surface area contributed by atoms with Crippen LogP contribution >= 0.6 is 11.9 Å². The van der Waals surface area contributed by atoms with E-state index in [1.54, 1.807) is 11.9 Å². The third-order valence-corrected chi connectivity index (χ3v) is 3.93. The van der Waals surface area contributed by atoms with E-state index >= 15 is 0 Å². The molecule has 1 saturated heterocycles. The molecule has 2 nitrogen and oxygen atoms in total. The van der Waals surface area contributed by atoms with Crippen LogP contribution in [-0.4, -0.2) is 18.3 Å². The van der Waals surface area contributed by atoms with E-state index in [-0.39, 0.29) is 0 Å². The van der Waals surface area contributed by atoms with Crippen LogP contribution in [0.5, 0.6) is 0 Å². The van der Waals surface area contributed by atoms with Gasteiger partial charge in [0.1, 0.15) is 0 Å². The molecule has 1 fully saturated rings. The van der Waals surface area contributed by atoms with Crippen LogP contribution in [0.25, 0.3) is 0 Å². The molecule has 0 radical (unpaired) electrons. The van der Waals surface area contributed by atoms with Crippen LogP contribution in [-0.2, 0) is 0 Å². The highest BCUT2D eigenvalue weighted by Gasteiger charge is 2.15. The van der Waals surface area contributed by atoms with Crippen molar-refractivity contribution >= 4 is 17.6 Å². The van der Waals surface area contributed by atoms with E-state index < -0.39 is 0 Å². The van der Waals surface area contributed by atoms with E-state index in [4.69, 9.17) is 0 Å². The van der Waals surface area contributed by atoms with E-state index in [9.17, 15) is 0 Å². The molecule has 0 spiro atoms. The second-order valence-electron chi connectivity index (χ2n) is 4.92. The van der Waals surface area contributed by atoms with E-state index in [2.05, 4.69) is 48.2 Å². The average molecular weight is 250 g/mol. The van der Waals surface area contributed by atoms with Crippen molar-refractivity contribution in [1.82, 2.24) is 5.32 Å². The summed E-state index contributed by atoms with van der Waals surface area (Å²) < 4.78 is 3.42. The first-order valence-electron chi connectivity index (χ1n) is 6.48. The zero-order chi connectivity index (χ0) is 12.1. The first kappa shape index (κ1) is 12.8. The fourth-order valence-corrected chi connectivity index (χ4v) is 2.70. The van der Waals surface area contributed by atoms with E-state index in [0.29, 0.717) is 5.25 Å². The molecule has 1 aliphatic rings. The summed E-state index contributed by atoms with van der Waals surface area (Å²) in [6.07, 6.45) is 2.53. The standard InChI is InChI=1S/C14H22N2S/c1-11(2)17-16-14-5-3-4-13(10-14)12-6-8-15-9-7-12/h3-5,10-12,15-16H,6-9H2,1-2H3. The number of hydrogen-bond donors (Lipinski definition) is 2. The van der Waals surface area contributed by atoms with Crippen LogP contribution < -0.4 is 10.0 Å². The van der Waals surface area contributed by atoms with Crippen LogP contribution in [0.4, 0.5) is 5.69 Å². The molecule has 0 aliphatic carbocycles. The number of piperidine rings is 1. The Bertz CT molecular complexity index is 346. The smallest absolute Gasteiger partial charge is 0.0442 e. The predicted octanol–water partition coefficient (Wildman–Crippen LogP) is 3.62. The highest BCUT2D eigenvalue weighted by Crippen LogP contribution is 2.28. The van der Waals surface area contributed by atoms with Crippen molar-refractivity contribution in [2.75, 3.05) is 17.8 Å². The molecule has 0 saturated carbocycles. The molecule has 1 aromatic rings. The Morgan fingerprint density at radius 1 is 1.29 bits per heavy atom. The van der Waals surface area contributed by atoms with Gasteiger partial charge in [-0.2, -0.15) is 0 Å². The molecule has 1 aromatic carbocycles. The van der Waals surface area contributed by atoms with Gasteiger partial charge in [0.15, 0.2) is 0 Å². The van der Waals surface area contributed by atoms with Crippen LogP contribution in [0.2, 0.25) is 0 Å². The lowest BCUT2D eigenvalue weighted by atomic mass is 9.90. The lowest BCUT2D eigenvalue weighted by Crippen LogP contribution is -2.26. The molecule has 2 rings (SSSR count). The third kappa shape index (κ3) is 3.93. The van der Waals surface area contributed by atoms with Crippen molar-refractivity contribution in [1.29, 1.82) is 0 Å². The van der Waals surface area contributed by atoms with Crippen molar-refractivity contribution in [3.05, 3.63) is 29.8 Å². The first-order valence-corrected chi connectivity index (χ1v) is 7.36. The minimum atomic E-state index is 0.609. The van der Waals surface area contributed by atoms with Crippen molar-refractivity contribution in [2.45, 2.75) is 37.9 Å². The van der Waals surface area contributed by atoms with Crippen molar-refractivity contribution in [3.8, 4) is 0 Å². The molecule has 0 amide bonds. The van der Waals surface area contributed by atoms with Crippen LogP contribution in [0, 0.1) is 0 Å². The summed E-state index contributed by atoms with van der Waals surface area (Å²) >= 11 is 1.78. The van der Waals surface area contributed by atoms with Gasteiger partial charge in [0, 0.05) is 10.9 Å². The zero-order valence-corrected chi connectivity index (χ0v) is 11.5.